The summed E-state index contributed by atoms with van der Waals surface area (Å²) in [5, 5.41) is 0. The van der Waals surface area contributed by atoms with Crippen molar-refractivity contribution in [2.45, 2.75) is 6.58 Å². The summed E-state index contributed by atoms with van der Waals surface area (Å²) in [6.45, 7) is 0. The van der Waals surface area contributed by atoms with E-state index >= 15 is 0 Å². The zero-order valence-corrected chi connectivity index (χ0v) is 19.8. The summed E-state index contributed by atoms with van der Waals surface area (Å²) in [6, 6.07) is 17.6. The number of fused-ring (bicyclic) bond motifs is 4. The Morgan fingerprint density at radius 2 is 1.50 bits per heavy atom. The van der Waals surface area contributed by atoms with Gasteiger partial charge in [0.25, 0.3) is 0 Å². The molecule has 0 amide bonds. The predicted molar refractivity (Wildman–Crippen MR) is 103 cm³/mol. The first kappa shape index (κ1) is 20.7. The summed E-state index contributed by atoms with van der Waals surface area (Å²) in [5.74, 6) is 0. The van der Waals surface area contributed by atoms with Crippen LogP contribution < -0.4 is 24.8 Å². The summed E-state index contributed by atoms with van der Waals surface area (Å²) >= 11 is 6.04. The van der Waals surface area contributed by atoms with Crippen LogP contribution in [-0.2, 0) is 19.7 Å². The van der Waals surface area contributed by atoms with Crippen molar-refractivity contribution in [2.75, 3.05) is 0 Å². The third kappa shape index (κ3) is 3.09. The minimum atomic E-state index is -2.27. The van der Waals surface area contributed by atoms with E-state index in [0.717, 1.165) is 4.36 Å². The Labute approximate surface area is 186 Å². The fourth-order valence-electron chi connectivity index (χ4n) is 3.90. The molecule has 0 spiro atoms. The summed E-state index contributed by atoms with van der Waals surface area (Å²) in [4.78, 5) is 0. The van der Waals surface area contributed by atoms with Gasteiger partial charge in [0.15, 0.2) is 0 Å². The van der Waals surface area contributed by atoms with E-state index in [-0.39, 0.29) is 24.8 Å². The molecule has 0 saturated carbocycles. The first-order chi connectivity index (χ1) is 11.8. The van der Waals surface area contributed by atoms with Gasteiger partial charge in [0.2, 0.25) is 0 Å². The van der Waals surface area contributed by atoms with Crippen LogP contribution in [0.2, 0.25) is 0 Å². The maximum atomic E-state index is 6.49. The molecule has 0 fully saturated rings. The first-order valence-corrected chi connectivity index (χ1v) is 15.4. The number of allylic oxidation sites excluding steroid dienone is 4. The zero-order valence-electron chi connectivity index (χ0n) is 13.5. The normalized spacial score (nSPS) is 18.9. The Kier molecular flexibility index (Phi) is 6.49. The van der Waals surface area contributed by atoms with E-state index in [1.54, 1.807) is 0 Å². The number of hydrogen-bond donors (Lipinski definition) is 0. The van der Waals surface area contributed by atoms with Gasteiger partial charge in [-0.2, -0.15) is 0 Å². The Hall–Kier alpha value is -0.0169. The molecule has 1 atom stereocenters. The molecule has 2 aliphatic carbocycles. The van der Waals surface area contributed by atoms with Gasteiger partial charge in [-0.15, -0.1) is 0 Å². The van der Waals surface area contributed by atoms with Crippen molar-refractivity contribution in [3.8, 4) is 11.1 Å². The summed E-state index contributed by atoms with van der Waals surface area (Å²) in [7, 11) is 6.31. The molecule has 26 heavy (non-hydrogen) atoms. The molecule has 2 aromatic rings. The predicted octanol–water partition coefficient (Wildman–Crippen LogP) is 0.515. The zero-order chi connectivity index (χ0) is 16.3. The second kappa shape index (κ2) is 8.15. The van der Waals surface area contributed by atoms with Gasteiger partial charge in [-0.25, -0.2) is 0 Å². The molecule has 3 aliphatic rings. The van der Waals surface area contributed by atoms with Crippen LogP contribution in [0.4, 0.5) is 0 Å². The van der Waals surface area contributed by atoms with Gasteiger partial charge in [-0.3, -0.25) is 0 Å². The van der Waals surface area contributed by atoms with Crippen molar-refractivity contribution in [2.24, 2.45) is 0 Å². The Balaban J connectivity index is 0.000000980. The number of benzene rings is 2. The van der Waals surface area contributed by atoms with E-state index in [1.807, 2.05) is 11.8 Å². The molecule has 2 aromatic carbocycles. The van der Waals surface area contributed by atoms with Crippen molar-refractivity contribution in [3.63, 3.8) is 0 Å². The average Bonchev–Trinajstić information content (AvgIpc) is 3.28. The SMILES string of the molecule is [Cl-].[Cl-].[S]=[Zr+2]([CH]1SC(Cl)=C2C=CC=C21)[CH]1c2ccccc2-c2ccccc21. The molecule has 0 aromatic heterocycles. The Morgan fingerprint density at radius 3 is 2.12 bits per heavy atom. The molecule has 5 rings (SSSR count). The van der Waals surface area contributed by atoms with Crippen molar-refractivity contribution < 1.29 is 44.5 Å². The van der Waals surface area contributed by atoms with E-state index in [4.69, 9.17) is 20.5 Å². The monoisotopic (exact) mass is 512 g/mol. The van der Waals surface area contributed by atoms with E-state index in [9.17, 15) is 0 Å². The van der Waals surface area contributed by atoms with Crippen LogP contribution in [0.5, 0.6) is 0 Å². The fraction of sp³-hybridized carbons (Fsp3) is 0.100. The van der Waals surface area contributed by atoms with E-state index in [1.165, 1.54) is 33.4 Å². The maximum absolute atomic E-state index is 6.49. The molecule has 1 aliphatic heterocycles. The van der Waals surface area contributed by atoms with Crippen LogP contribution >= 0.6 is 32.2 Å². The average molecular weight is 515 g/mol. The molecule has 1 heterocycles. The molecule has 0 radical (unpaired) electrons. The van der Waals surface area contributed by atoms with Crippen LogP contribution in [0.3, 0.4) is 0 Å². The van der Waals surface area contributed by atoms with E-state index < -0.39 is 19.7 Å². The Bertz CT molecular complexity index is 949. The standard InChI is InChI=1S/C13H9.C7H4ClS.2ClH.S.Zr/c1-3-7-12-10(5-1)9-11-6-2-4-8-13(11)12;8-7-6-3-1-2-5(6)4-9-7;;;;/h1-9H;1-4H;2*1H;;/q;;;;;+2/p-2. The number of rotatable bonds is 2. The molecule has 1 unspecified atom stereocenters. The van der Waals surface area contributed by atoms with Gasteiger partial charge < -0.3 is 24.8 Å². The van der Waals surface area contributed by atoms with Crippen molar-refractivity contribution >= 4 is 32.2 Å². The number of thioether (sulfide) groups is 1. The molecule has 130 valence electrons. The summed E-state index contributed by atoms with van der Waals surface area (Å²) < 4.78 is 1.81. The van der Waals surface area contributed by atoms with Crippen LogP contribution in [0.1, 0.15) is 14.8 Å². The molecular weight excluding hydrogens is 502 g/mol. The van der Waals surface area contributed by atoms with Crippen molar-refractivity contribution in [1.29, 1.82) is 0 Å². The second-order valence-corrected chi connectivity index (χ2v) is 16.5. The van der Waals surface area contributed by atoms with E-state index in [0.29, 0.717) is 6.58 Å². The first-order valence-electron chi connectivity index (χ1n) is 7.93. The Morgan fingerprint density at radius 1 is 0.923 bits per heavy atom. The van der Waals surface area contributed by atoms with Crippen LogP contribution in [-0.4, -0.2) is 2.96 Å². The topological polar surface area (TPSA) is 0 Å². The third-order valence-electron chi connectivity index (χ3n) is 4.94. The van der Waals surface area contributed by atoms with Crippen LogP contribution in [0.15, 0.2) is 82.3 Å². The quantitative estimate of drug-likeness (QED) is 0.573. The molecule has 0 N–H and O–H groups in total. The summed E-state index contributed by atoms with van der Waals surface area (Å²) in [5.41, 5.74) is 8.24. The second-order valence-electron chi connectivity index (χ2n) is 6.18. The van der Waals surface area contributed by atoms with Gasteiger partial charge in [0.05, 0.1) is 0 Å². The number of hydrogen-bond acceptors (Lipinski definition) is 2. The van der Waals surface area contributed by atoms with Gasteiger partial charge in [-0.05, 0) is 0 Å². The molecule has 0 nitrogen and oxygen atoms in total. The van der Waals surface area contributed by atoms with Crippen LogP contribution in [0.25, 0.3) is 11.1 Å². The number of halogens is 3. The molecule has 0 saturated heterocycles. The molecular formula is C20H13Cl3S2Zr. The minimum absolute atomic E-state index is 0. The van der Waals surface area contributed by atoms with Gasteiger partial charge in [0.1, 0.15) is 0 Å². The molecule has 0 bridgehead atoms. The molecule has 6 heteroatoms. The fourth-order valence-corrected chi connectivity index (χ4v) is 16.4. The van der Waals surface area contributed by atoms with E-state index in [2.05, 4.69) is 66.8 Å². The van der Waals surface area contributed by atoms with Crippen molar-refractivity contribution in [3.05, 3.63) is 93.4 Å². The van der Waals surface area contributed by atoms with Gasteiger partial charge in [0, 0.05) is 0 Å². The van der Waals surface area contributed by atoms with Gasteiger partial charge in [-0.1, -0.05) is 0 Å². The summed E-state index contributed by atoms with van der Waals surface area (Å²) in [6.07, 6.45) is 6.47. The van der Waals surface area contributed by atoms with Crippen molar-refractivity contribution in [1.82, 2.24) is 0 Å². The van der Waals surface area contributed by atoms with Gasteiger partial charge >= 0.3 is 163 Å². The third-order valence-corrected chi connectivity index (χ3v) is 17.3. The van der Waals surface area contributed by atoms with Crippen LogP contribution in [0, 0.1) is 0 Å².